The van der Waals surface area contributed by atoms with Crippen LogP contribution in [0.5, 0.6) is 0 Å². The van der Waals surface area contributed by atoms with Crippen LogP contribution in [-0.4, -0.2) is 23.2 Å². The van der Waals surface area contributed by atoms with Crippen molar-refractivity contribution in [2.75, 3.05) is 0 Å². The van der Waals surface area contributed by atoms with Crippen LogP contribution in [0.4, 0.5) is 0 Å². The average Bonchev–Trinajstić information content (AvgIpc) is 3.52. The van der Waals surface area contributed by atoms with Gasteiger partial charge in [-0.05, 0) is 68.2 Å². The number of aryl methyl sites for hydroxylation is 1. The maximum Gasteiger partial charge on any atom is 0 e. The van der Waals surface area contributed by atoms with Gasteiger partial charge >= 0.3 is 99.8 Å². The second kappa shape index (κ2) is 15.8. The number of pyridine rings is 2. The van der Waals surface area contributed by atoms with Crippen molar-refractivity contribution in [3.63, 3.8) is 0 Å². The standard InChI is InChI=1S/C32H26NS.C14H16GeN.Ir/c1-20(2)15-22-13-14-33-30(18-22)29-17-21(3)16-28-27-19-24(11-12-31(27)34-32(28)29)26-10-6-8-23-7-4-5-9-25(23)26;1-15(2,3)13-9-10-14(16-11-13)12-7-5-4-6-8-12;/h4-14,16,18-20H,15H2,1-3H3;4-7,9-11H,1-3H3;/q2*-1;/i15D2;;. The third-order valence-electron chi connectivity index (χ3n) is 8.82. The molecule has 0 saturated heterocycles. The third kappa shape index (κ3) is 8.26. The Balaban J connectivity index is 0.000000238. The van der Waals surface area contributed by atoms with E-state index in [1.807, 2.05) is 50.4 Å². The van der Waals surface area contributed by atoms with Crippen LogP contribution in [0.25, 0.3) is 64.6 Å². The van der Waals surface area contributed by atoms with Gasteiger partial charge < -0.3 is 4.98 Å². The first-order chi connectivity index (χ1) is 24.9. The van der Waals surface area contributed by atoms with Gasteiger partial charge in [0.1, 0.15) is 0 Å². The largest absolute Gasteiger partial charge is 0 e. The van der Waals surface area contributed by atoms with Crippen molar-refractivity contribution in [1.29, 1.82) is 0 Å². The Hall–Kier alpha value is -3.93. The molecule has 0 fully saturated rings. The van der Waals surface area contributed by atoms with E-state index >= 15 is 0 Å². The van der Waals surface area contributed by atoms with Gasteiger partial charge in [-0.2, -0.15) is 11.3 Å². The fraction of sp³-hybridized carbons (Fsp3) is 0.174. The van der Waals surface area contributed by atoms with Crippen molar-refractivity contribution in [3.8, 4) is 33.6 Å². The maximum atomic E-state index is 8.57. The van der Waals surface area contributed by atoms with Gasteiger partial charge in [0.05, 0.1) is 0 Å². The third-order valence-corrected chi connectivity index (χ3v) is 14.3. The molecule has 0 bridgehead atoms. The summed E-state index contributed by atoms with van der Waals surface area (Å²) in [5, 5.41) is 4.92. The Morgan fingerprint density at radius 3 is 2.33 bits per heavy atom. The minimum Gasteiger partial charge on any atom is 0 e. The van der Waals surface area contributed by atoms with Crippen molar-refractivity contribution in [3.05, 3.63) is 151 Å². The fourth-order valence-corrected chi connectivity index (χ4v) is 9.66. The number of fused-ring (bicyclic) bond motifs is 4. The normalized spacial score (nSPS) is 12.3. The van der Waals surface area contributed by atoms with Gasteiger partial charge in [0, 0.05) is 33.7 Å². The number of rotatable bonds is 6. The van der Waals surface area contributed by atoms with E-state index in [0.717, 1.165) is 32.8 Å². The second-order valence-electron chi connectivity index (χ2n) is 14.1. The molecule has 257 valence electrons. The van der Waals surface area contributed by atoms with Crippen LogP contribution in [0.3, 0.4) is 0 Å². The SMILES string of the molecule is [2H]C([2H])(c1ccnc(-c2[c-]c(C)cc3c2sc2ccc(-c4cccc5ccccc45)cc23)c1)C(C)C.[CH3][Ge]([CH3])([CH3])[c]1ccc(-c2[c-]cccc2)nc1.[Ir]. The molecular weight excluding hydrogens is 877 g/mol. The molecule has 0 aliphatic carbocycles. The zero-order valence-corrected chi connectivity index (χ0v) is 35.1. The molecular formula is C46H42GeIrN2S-2. The van der Waals surface area contributed by atoms with Crippen LogP contribution in [0.2, 0.25) is 17.3 Å². The van der Waals surface area contributed by atoms with Crippen molar-refractivity contribution in [2.24, 2.45) is 5.92 Å². The molecule has 51 heavy (non-hydrogen) atoms. The molecule has 0 aliphatic rings. The molecule has 3 heterocycles. The number of benzene rings is 5. The molecule has 0 amide bonds. The van der Waals surface area contributed by atoms with Gasteiger partial charge in [0.25, 0.3) is 0 Å². The average molecular weight is 922 g/mol. The van der Waals surface area contributed by atoms with E-state index in [1.165, 1.54) is 41.8 Å². The number of hydrogen-bond donors (Lipinski definition) is 0. The quantitative estimate of drug-likeness (QED) is 0.123. The summed E-state index contributed by atoms with van der Waals surface area (Å²) < 4.78 is 20.9. The Kier molecular flexibility index (Phi) is 10.6. The Labute approximate surface area is 325 Å². The summed E-state index contributed by atoms with van der Waals surface area (Å²) in [7, 11) is 0. The number of hydrogen-bond acceptors (Lipinski definition) is 3. The molecule has 0 spiro atoms. The second-order valence-corrected chi connectivity index (χ2v) is 25.8. The summed E-state index contributed by atoms with van der Waals surface area (Å²) in [5.74, 6) is 7.01. The van der Waals surface area contributed by atoms with Crippen molar-refractivity contribution < 1.29 is 22.8 Å². The molecule has 0 aliphatic heterocycles. The minimum absolute atomic E-state index is 0. The first kappa shape index (κ1) is 34.2. The predicted molar refractivity (Wildman–Crippen MR) is 219 cm³/mol. The van der Waals surface area contributed by atoms with E-state index in [4.69, 9.17) is 2.74 Å². The summed E-state index contributed by atoms with van der Waals surface area (Å²) in [5.41, 5.74) is 7.93. The van der Waals surface area contributed by atoms with E-state index in [1.54, 1.807) is 23.6 Å². The Morgan fingerprint density at radius 2 is 1.59 bits per heavy atom. The summed E-state index contributed by atoms with van der Waals surface area (Å²) >= 11 is 0.0381. The van der Waals surface area contributed by atoms with Gasteiger partial charge in [-0.25, -0.2) is 0 Å². The first-order valence-electron chi connectivity index (χ1n) is 18.2. The smallest absolute Gasteiger partial charge is 0 e. The number of aromatic nitrogens is 2. The van der Waals surface area contributed by atoms with E-state index in [-0.39, 0.29) is 26.0 Å². The Bertz CT molecular complexity index is 2520. The zero-order valence-electron chi connectivity index (χ0n) is 31.8. The van der Waals surface area contributed by atoms with Crippen LogP contribution in [-0.2, 0) is 26.5 Å². The fourth-order valence-electron chi connectivity index (χ4n) is 6.32. The van der Waals surface area contributed by atoms with Gasteiger partial charge in [0.15, 0.2) is 0 Å². The first-order valence-corrected chi connectivity index (χ1v) is 25.3. The molecule has 8 rings (SSSR count). The van der Waals surface area contributed by atoms with E-state index in [2.05, 4.69) is 125 Å². The molecule has 0 unspecified atom stereocenters. The van der Waals surface area contributed by atoms with Crippen LogP contribution in [0, 0.1) is 25.0 Å². The molecule has 5 heteroatoms. The molecule has 0 atom stereocenters. The zero-order chi connectivity index (χ0) is 36.6. The molecule has 3 aromatic heterocycles. The predicted octanol–water partition coefficient (Wildman–Crippen LogP) is 12.3. The van der Waals surface area contributed by atoms with Crippen LogP contribution < -0.4 is 4.40 Å². The van der Waals surface area contributed by atoms with Crippen LogP contribution >= 0.6 is 11.3 Å². The molecule has 0 saturated carbocycles. The summed E-state index contributed by atoms with van der Waals surface area (Å²) in [4.78, 5) is 9.18. The van der Waals surface area contributed by atoms with Gasteiger partial charge in [-0.15, -0.1) is 23.3 Å². The molecule has 0 N–H and O–H groups in total. The van der Waals surface area contributed by atoms with Crippen LogP contribution in [0.15, 0.2) is 128 Å². The summed E-state index contributed by atoms with van der Waals surface area (Å²) in [6.45, 7) is 5.89. The van der Waals surface area contributed by atoms with Crippen molar-refractivity contribution in [1.82, 2.24) is 9.97 Å². The molecule has 5 aromatic carbocycles. The van der Waals surface area contributed by atoms with E-state index in [9.17, 15) is 0 Å². The van der Waals surface area contributed by atoms with Crippen molar-refractivity contribution >= 4 is 59.9 Å². The van der Waals surface area contributed by atoms with Crippen LogP contribution in [0.1, 0.15) is 27.7 Å². The van der Waals surface area contributed by atoms with E-state index < -0.39 is 19.6 Å². The van der Waals surface area contributed by atoms with Gasteiger partial charge in [-0.3, -0.25) is 0 Å². The monoisotopic (exact) mass is 923 g/mol. The Morgan fingerprint density at radius 1 is 0.784 bits per heavy atom. The molecule has 8 aromatic rings. The van der Waals surface area contributed by atoms with Gasteiger partial charge in [0.2, 0.25) is 0 Å². The minimum atomic E-state index is -1.72. The molecule has 2 nitrogen and oxygen atoms in total. The van der Waals surface area contributed by atoms with Gasteiger partial charge in [-0.1, -0.05) is 86.3 Å². The number of nitrogens with zero attached hydrogens (tertiary/aromatic N) is 2. The number of thiophene rings is 1. The summed E-state index contributed by atoms with van der Waals surface area (Å²) in [6, 6.07) is 46.7. The molecule has 1 radical (unpaired) electrons. The van der Waals surface area contributed by atoms with E-state index in [0.29, 0.717) is 5.56 Å². The summed E-state index contributed by atoms with van der Waals surface area (Å²) in [6.07, 6.45) is 2.34. The maximum absolute atomic E-state index is 8.57. The van der Waals surface area contributed by atoms with Crippen molar-refractivity contribution in [2.45, 2.75) is 44.4 Å². The topological polar surface area (TPSA) is 25.8 Å².